The van der Waals surface area contributed by atoms with Gasteiger partial charge in [0.25, 0.3) is 5.91 Å². The van der Waals surface area contributed by atoms with Gasteiger partial charge in [0.1, 0.15) is 5.65 Å². The van der Waals surface area contributed by atoms with Crippen LogP contribution >= 0.6 is 0 Å². The number of nitrogens with one attached hydrogen (secondary N) is 1. The van der Waals surface area contributed by atoms with Crippen LogP contribution in [0.5, 0.6) is 0 Å². The van der Waals surface area contributed by atoms with E-state index in [1.807, 2.05) is 12.1 Å². The molecule has 0 saturated carbocycles. The second kappa shape index (κ2) is 4.53. The molecule has 2 aromatic rings. The van der Waals surface area contributed by atoms with Gasteiger partial charge in [-0.1, -0.05) is 0 Å². The zero-order chi connectivity index (χ0) is 12.5. The Morgan fingerprint density at radius 1 is 1.39 bits per heavy atom. The van der Waals surface area contributed by atoms with Crippen molar-refractivity contribution in [2.45, 2.75) is 0 Å². The van der Waals surface area contributed by atoms with E-state index in [2.05, 4.69) is 9.97 Å². The summed E-state index contributed by atoms with van der Waals surface area (Å²) in [4.78, 5) is 21.3. The van der Waals surface area contributed by atoms with Gasteiger partial charge >= 0.3 is 0 Å². The van der Waals surface area contributed by atoms with Crippen molar-refractivity contribution in [1.29, 1.82) is 0 Å². The van der Waals surface area contributed by atoms with Gasteiger partial charge in [0, 0.05) is 53.2 Å². The summed E-state index contributed by atoms with van der Waals surface area (Å²) < 4.78 is 11.3. The number of aromatic nitrogens is 2. The number of rotatable bonds is 1. The van der Waals surface area contributed by atoms with E-state index in [0.717, 1.165) is 11.0 Å². The summed E-state index contributed by atoms with van der Waals surface area (Å²) in [6.45, 7) is 1.14. The average Bonchev–Trinajstić information content (AvgIpc) is 2.82. The fraction of sp³-hybridized carbons (Fsp3) is 0.333. The number of carbonyl (C=O) groups is 1. The second-order valence-corrected chi connectivity index (χ2v) is 5.94. The lowest BCUT2D eigenvalue weighted by molar-refractivity contribution is 0.0773. The fourth-order valence-corrected chi connectivity index (χ4v) is 3.20. The molecule has 0 unspecified atom stereocenters. The molecule has 0 atom stereocenters. The van der Waals surface area contributed by atoms with Gasteiger partial charge in [-0.15, -0.1) is 0 Å². The van der Waals surface area contributed by atoms with Crippen LogP contribution in [0.3, 0.4) is 0 Å². The third-order valence-corrected chi connectivity index (χ3v) is 4.42. The van der Waals surface area contributed by atoms with Crippen LogP contribution in [0.1, 0.15) is 10.4 Å². The molecule has 6 heteroatoms. The first-order chi connectivity index (χ1) is 8.75. The van der Waals surface area contributed by atoms with Crippen LogP contribution in [-0.4, -0.2) is 49.6 Å². The highest BCUT2D eigenvalue weighted by atomic mass is 32.2. The predicted molar refractivity (Wildman–Crippen MR) is 69.9 cm³/mol. The molecule has 0 aromatic carbocycles. The van der Waals surface area contributed by atoms with Crippen molar-refractivity contribution in [2.24, 2.45) is 0 Å². The van der Waals surface area contributed by atoms with Crippen LogP contribution in [0, 0.1) is 0 Å². The first-order valence-electron chi connectivity index (χ1n) is 5.82. The minimum absolute atomic E-state index is 0.00838. The first-order valence-corrected chi connectivity index (χ1v) is 7.31. The molecule has 1 N–H and O–H groups in total. The number of nitrogens with zero attached hydrogens (tertiary/aromatic N) is 2. The van der Waals surface area contributed by atoms with Crippen molar-refractivity contribution in [1.82, 2.24) is 14.9 Å². The number of hydrogen-bond donors (Lipinski definition) is 1. The Morgan fingerprint density at radius 2 is 2.17 bits per heavy atom. The highest BCUT2D eigenvalue weighted by Crippen LogP contribution is 2.18. The van der Waals surface area contributed by atoms with Crippen LogP contribution in [0.2, 0.25) is 0 Å². The number of amides is 1. The molecular weight excluding hydrogens is 250 g/mol. The maximum atomic E-state index is 12.4. The Labute approximate surface area is 107 Å². The number of carbonyl (C=O) groups excluding carboxylic acids is 1. The number of hydrogen-bond acceptors (Lipinski definition) is 3. The lowest BCUT2D eigenvalue weighted by Gasteiger charge is -2.26. The van der Waals surface area contributed by atoms with Gasteiger partial charge in [0.2, 0.25) is 0 Å². The summed E-state index contributed by atoms with van der Waals surface area (Å²) in [6.07, 6.45) is 3.39. The summed E-state index contributed by atoms with van der Waals surface area (Å²) in [6, 6.07) is 3.70. The molecule has 2 aromatic heterocycles. The normalized spacial score (nSPS) is 17.2. The number of fused-ring (bicyclic) bond motifs is 1. The molecular formula is C12H13N3O2S. The Morgan fingerprint density at radius 3 is 2.94 bits per heavy atom. The monoisotopic (exact) mass is 263 g/mol. The van der Waals surface area contributed by atoms with Crippen molar-refractivity contribution in [3.63, 3.8) is 0 Å². The predicted octanol–water partition coefficient (Wildman–Crippen LogP) is 0.767. The van der Waals surface area contributed by atoms with Crippen LogP contribution in [0.15, 0.2) is 24.5 Å². The minimum atomic E-state index is -0.765. The molecule has 18 heavy (non-hydrogen) atoms. The molecule has 1 amide bonds. The van der Waals surface area contributed by atoms with Crippen molar-refractivity contribution < 1.29 is 9.00 Å². The summed E-state index contributed by atoms with van der Waals surface area (Å²) in [5.74, 6) is 1.14. The van der Waals surface area contributed by atoms with E-state index in [9.17, 15) is 9.00 Å². The lowest BCUT2D eigenvalue weighted by Crippen LogP contribution is -2.41. The maximum absolute atomic E-state index is 12.4. The smallest absolute Gasteiger partial charge is 0.256 e. The molecule has 5 nitrogen and oxygen atoms in total. The van der Waals surface area contributed by atoms with E-state index >= 15 is 0 Å². The van der Waals surface area contributed by atoms with Crippen LogP contribution in [-0.2, 0) is 10.8 Å². The highest BCUT2D eigenvalue weighted by molar-refractivity contribution is 7.85. The molecule has 1 aliphatic rings. The summed E-state index contributed by atoms with van der Waals surface area (Å²) in [5, 5.41) is 0.842. The topological polar surface area (TPSA) is 66.1 Å². The van der Waals surface area contributed by atoms with Crippen molar-refractivity contribution in [3.05, 3.63) is 30.1 Å². The van der Waals surface area contributed by atoms with E-state index in [4.69, 9.17) is 0 Å². The number of aromatic amines is 1. The van der Waals surface area contributed by atoms with Crippen molar-refractivity contribution >= 4 is 27.7 Å². The molecule has 1 fully saturated rings. The Balaban J connectivity index is 1.90. The fourth-order valence-electron chi connectivity index (χ4n) is 2.14. The van der Waals surface area contributed by atoms with Gasteiger partial charge in [-0.25, -0.2) is 4.98 Å². The van der Waals surface area contributed by atoms with Crippen LogP contribution in [0.4, 0.5) is 0 Å². The van der Waals surface area contributed by atoms with Gasteiger partial charge in [-0.2, -0.15) is 0 Å². The van der Waals surface area contributed by atoms with Gasteiger partial charge in [0.05, 0.1) is 5.56 Å². The van der Waals surface area contributed by atoms with Crippen molar-refractivity contribution in [2.75, 3.05) is 24.6 Å². The van der Waals surface area contributed by atoms with E-state index in [0.29, 0.717) is 30.2 Å². The molecule has 3 rings (SSSR count). The molecule has 1 saturated heterocycles. The number of pyridine rings is 1. The Hall–Kier alpha value is -1.69. The van der Waals surface area contributed by atoms with E-state index in [1.54, 1.807) is 17.3 Å². The average molecular weight is 263 g/mol. The lowest BCUT2D eigenvalue weighted by atomic mass is 10.2. The third kappa shape index (κ3) is 1.92. The Bertz CT molecular complexity index is 613. The largest absolute Gasteiger partial charge is 0.345 e. The molecule has 0 radical (unpaired) electrons. The zero-order valence-corrected chi connectivity index (χ0v) is 10.6. The van der Waals surface area contributed by atoms with E-state index in [-0.39, 0.29) is 5.91 Å². The zero-order valence-electron chi connectivity index (χ0n) is 9.76. The summed E-state index contributed by atoms with van der Waals surface area (Å²) in [7, 11) is -0.765. The van der Waals surface area contributed by atoms with Gasteiger partial charge in [0.15, 0.2) is 0 Å². The SMILES string of the molecule is O=C(c1c[nH]c2ncccc12)N1CCS(=O)CC1. The van der Waals surface area contributed by atoms with Crippen LogP contribution < -0.4 is 0 Å². The van der Waals surface area contributed by atoms with Gasteiger partial charge < -0.3 is 9.88 Å². The quantitative estimate of drug-likeness (QED) is 0.826. The molecule has 3 heterocycles. The second-order valence-electron chi connectivity index (χ2n) is 4.24. The summed E-state index contributed by atoms with van der Waals surface area (Å²) in [5.41, 5.74) is 1.37. The maximum Gasteiger partial charge on any atom is 0.256 e. The molecule has 0 spiro atoms. The molecule has 0 bridgehead atoms. The highest BCUT2D eigenvalue weighted by Gasteiger charge is 2.23. The Kier molecular flexibility index (Phi) is 2.87. The third-order valence-electron chi connectivity index (χ3n) is 3.15. The first kappa shape index (κ1) is 11.4. The molecule has 0 aliphatic carbocycles. The molecule has 1 aliphatic heterocycles. The summed E-state index contributed by atoms with van der Waals surface area (Å²) >= 11 is 0. The number of H-pyrrole nitrogens is 1. The van der Waals surface area contributed by atoms with Gasteiger partial charge in [-0.05, 0) is 12.1 Å². The minimum Gasteiger partial charge on any atom is -0.345 e. The van der Waals surface area contributed by atoms with Gasteiger partial charge in [-0.3, -0.25) is 9.00 Å². The van der Waals surface area contributed by atoms with Crippen molar-refractivity contribution in [3.8, 4) is 0 Å². The van der Waals surface area contributed by atoms with E-state index in [1.165, 1.54) is 0 Å². The van der Waals surface area contributed by atoms with Crippen LogP contribution in [0.25, 0.3) is 11.0 Å². The standard InChI is InChI=1S/C12H13N3O2S/c16-12(15-4-6-18(17)7-5-15)10-8-14-11-9(10)2-1-3-13-11/h1-3,8H,4-7H2,(H,13,14). The van der Waals surface area contributed by atoms with E-state index < -0.39 is 10.8 Å². The molecule has 94 valence electrons.